The summed E-state index contributed by atoms with van der Waals surface area (Å²) in [6.45, 7) is 10.3. The summed E-state index contributed by atoms with van der Waals surface area (Å²) in [5.74, 6) is 3.39. The smallest absolute Gasteiger partial charge is 0.0194 e. The first kappa shape index (κ1) is 14.3. The maximum absolute atomic E-state index is 3.54. The second-order valence-corrected chi connectivity index (χ2v) is 6.61. The maximum Gasteiger partial charge on any atom is 0.0194 e. The van der Waals surface area contributed by atoms with E-state index in [0.717, 1.165) is 18.5 Å². The Morgan fingerprint density at radius 2 is 2.00 bits per heavy atom. The van der Waals surface area contributed by atoms with E-state index in [9.17, 15) is 0 Å². The second kappa shape index (κ2) is 6.87. The van der Waals surface area contributed by atoms with Gasteiger partial charge in [-0.05, 0) is 38.6 Å². The van der Waals surface area contributed by atoms with Crippen LogP contribution in [0.2, 0.25) is 0 Å². The van der Waals surface area contributed by atoms with E-state index in [4.69, 9.17) is 0 Å². The first-order chi connectivity index (χ1) is 7.52. The third-order valence-corrected chi connectivity index (χ3v) is 4.94. The molecule has 2 nitrogen and oxygen atoms in total. The van der Waals surface area contributed by atoms with Gasteiger partial charge in [0.1, 0.15) is 0 Å². The lowest BCUT2D eigenvalue weighted by atomic mass is 10.0. The fourth-order valence-corrected chi connectivity index (χ4v) is 3.45. The molecule has 0 aromatic heterocycles. The molecule has 16 heavy (non-hydrogen) atoms. The average Bonchev–Trinajstić information content (AvgIpc) is 2.77. The highest BCUT2D eigenvalue weighted by molar-refractivity contribution is 7.99. The van der Waals surface area contributed by atoms with Gasteiger partial charge in [0.2, 0.25) is 0 Å². The Bertz CT molecular complexity index is 190. The third kappa shape index (κ3) is 4.27. The molecule has 3 unspecified atom stereocenters. The van der Waals surface area contributed by atoms with E-state index in [0.29, 0.717) is 12.1 Å². The molecular formula is C13H28N2S. The molecule has 0 aromatic rings. The number of hydrogen-bond donors (Lipinski definition) is 1. The molecular weight excluding hydrogens is 216 g/mol. The van der Waals surface area contributed by atoms with Crippen LogP contribution in [-0.2, 0) is 0 Å². The van der Waals surface area contributed by atoms with Crippen LogP contribution < -0.4 is 5.32 Å². The van der Waals surface area contributed by atoms with Gasteiger partial charge in [-0.3, -0.25) is 4.90 Å². The number of nitrogens with zero attached hydrogens (tertiary/aromatic N) is 1. The Morgan fingerprint density at radius 3 is 2.50 bits per heavy atom. The van der Waals surface area contributed by atoms with Gasteiger partial charge in [0.15, 0.2) is 0 Å². The standard InChI is InChI=1S/C13H28N2S/c1-10(2)14-8-11(3)12(4)15(5)13-6-7-16-9-13/h10-14H,6-9H2,1-5H3. The van der Waals surface area contributed by atoms with Gasteiger partial charge in [-0.1, -0.05) is 20.8 Å². The Hall–Kier alpha value is 0.270. The van der Waals surface area contributed by atoms with Crippen molar-refractivity contribution in [3.8, 4) is 0 Å². The van der Waals surface area contributed by atoms with Crippen molar-refractivity contribution in [2.24, 2.45) is 5.92 Å². The molecule has 0 amide bonds. The van der Waals surface area contributed by atoms with Crippen LogP contribution in [0.25, 0.3) is 0 Å². The summed E-state index contributed by atoms with van der Waals surface area (Å²) in [5, 5.41) is 3.54. The lowest BCUT2D eigenvalue weighted by Gasteiger charge is -2.34. The minimum absolute atomic E-state index is 0.599. The third-order valence-electron chi connectivity index (χ3n) is 3.80. The van der Waals surface area contributed by atoms with Crippen molar-refractivity contribution >= 4 is 11.8 Å². The molecule has 1 saturated heterocycles. The lowest BCUT2D eigenvalue weighted by Crippen LogP contribution is -2.45. The van der Waals surface area contributed by atoms with Crippen molar-refractivity contribution in [1.29, 1.82) is 0 Å². The summed E-state index contributed by atoms with van der Waals surface area (Å²) >= 11 is 2.10. The SMILES string of the molecule is CC(C)NCC(C)C(C)N(C)C1CCSC1. The summed E-state index contributed by atoms with van der Waals surface area (Å²) in [6, 6.07) is 2.08. The zero-order valence-electron chi connectivity index (χ0n) is 11.5. The fraction of sp³-hybridized carbons (Fsp3) is 1.00. The van der Waals surface area contributed by atoms with E-state index in [1.807, 2.05) is 0 Å². The molecule has 1 N–H and O–H groups in total. The van der Waals surface area contributed by atoms with Crippen LogP contribution in [0.4, 0.5) is 0 Å². The summed E-state index contributed by atoms with van der Waals surface area (Å²) in [5.41, 5.74) is 0. The van der Waals surface area contributed by atoms with E-state index in [1.54, 1.807) is 0 Å². The van der Waals surface area contributed by atoms with Crippen LogP contribution in [-0.4, -0.2) is 48.1 Å². The largest absolute Gasteiger partial charge is 0.314 e. The van der Waals surface area contributed by atoms with Gasteiger partial charge in [-0.2, -0.15) is 11.8 Å². The summed E-state index contributed by atoms with van der Waals surface area (Å²) in [4.78, 5) is 2.59. The molecule has 1 aliphatic rings. The lowest BCUT2D eigenvalue weighted by molar-refractivity contribution is 0.151. The predicted molar refractivity (Wildman–Crippen MR) is 75.3 cm³/mol. The normalized spacial score (nSPS) is 25.3. The monoisotopic (exact) mass is 244 g/mol. The highest BCUT2D eigenvalue weighted by atomic mass is 32.2. The van der Waals surface area contributed by atoms with Gasteiger partial charge in [-0.25, -0.2) is 0 Å². The second-order valence-electron chi connectivity index (χ2n) is 5.46. The highest BCUT2D eigenvalue weighted by Crippen LogP contribution is 2.24. The zero-order valence-corrected chi connectivity index (χ0v) is 12.3. The molecule has 0 bridgehead atoms. The van der Waals surface area contributed by atoms with Gasteiger partial charge in [0.05, 0.1) is 0 Å². The van der Waals surface area contributed by atoms with Crippen LogP contribution >= 0.6 is 11.8 Å². The Kier molecular flexibility index (Phi) is 6.16. The molecule has 1 rings (SSSR count). The number of hydrogen-bond acceptors (Lipinski definition) is 3. The van der Waals surface area contributed by atoms with Gasteiger partial charge < -0.3 is 5.32 Å². The van der Waals surface area contributed by atoms with Crippen LogP contribution in [0, 0.1) is 5.92 Å². The fourth-order valence-electron chi connectivity index (χ4n) is 2.17. The quantitative estimate of drug-likeness (QED) is 0.772. The first-order valence-electron chi connectivity index (χ1n) is 6.55. The van der Waals surface area contributed by atoms with E-state index in [-0.39, 0.29) is 0 Å². The summed E-state index contributed by atoms with van der Waals surface area (Å²) in [7, 11) is 2.30. The molecule has 0 aliphatic carbocycles. The van der Waals surface area contributed by atoms with Crippen LogP contribution in [0.1, 0.15) is 34.1 Å². The summed E-state index contributed by atoms with van der Waals surface area (Å²) < 4.78 is 0. The minimum atomic E-state index is 0.599. The maximum atomic E-state index is 3.54. The molecule has 3 atom stereocenters. The molecule has 0 aromatic carbocycles. The molecule has 1 heterocycles. The van der Waals surface area contributed by atoms with E-state index >= 15 is 0 Å². The molecule has 0 saturated carbocycles. The zero-order chi connectivity index (χ0) is 12.1. The molecule has 0 spiro atoms. The van der Waals surface area contributed by atoms with E-state index in [1.165, 1.54) is 17.9 Å². The van der Waals surface area contributed by atoms with Crippen LogP contribution in [0.5, 0.6) is 0 Å². The van der Waals surface area contributed by atoms with Gasteiger partial charge >= 0.3 is 0 Å². The Morgan fingerprint density at radius 1 is 1.31 bits per heavy atom. The van der Waals surface area contributed by atoms with Crippen molar-refractivity contribution in [3.05, 3.63) is 0 Å². The van der Waals surface area contributed by atoms with E-state index < -0.39 is 0 Å². The van der Waals surface area contributed by atoms with Crippen molar-refractivity contribution in [3.63, 3.8) is 0 Å². The molecule has 1 aliphatic heterocycles. The first-order valence-corrected chi connectivity index (χ1v) is 7.71. The number of nitrogens with one attached hydrogen (secondary N) is 1. The summed E-state index contributed by atoms with van der Waals surface area (Å²) in [6.07, 6.45) is 1.37. The Labute approximate surface area is 106 Å². The van der Waals surface area contributed by atoms with Gasteiger partial charge in [-0.15, -0.1) is 0 Å². The van der Waals surface area contributed by atoms with Crippen molar-refractivity contribution < 1.29 is 0 Å². The van der Waals surface area contributed by atoms with Crippen molar-refractivity contribution in [1.82, 2.24) is 10.2 Å². The number of thioether (sulfide) groups is 1. The minimum Gasteiger partial charge on any atom is -0.314 e. The molecule has 96 valence electrons. The van der Waals surface area contributed by atoms with Crippen molar-refractivity contribution in [2.75, 3.05) is 25.1 Å². The molecule has 1 fully saturated rings. The average molecular weight is 244 g/mol. The van der Waals surface area contributed by atoms with E-state index in [2.05, 4.69) is 56.7 Å². The Balaban J connectivity index is 2.33. The highest BCUT2D eigenvalue weighted by Gasteiger charge is 2.26. The predicted octanol–water partition coefficient (Wildman–Crippen LogP) is 2.45. The van der Waals surface area contributed by atoms with Crippen molar-refractivity contribution in [2.45, 2.75) is 52.2 Å². The van der Waals surface area contributed by atoms with Crippen LogP contribution in [0.3, 0.4) is 0 Å². The van der Waals surface area contributed by atoms with Gasteiger partial charge in [0, 0.05) is 23.9 Å². The molecule has 3 heteroatoms. The van der Waals surface area contributed by atoms with Gasteiger partial charge in [0.25, 0.3) is 0 Å². The molecule has 0 radical (unpaired) electrons. The van der Waals surface area contributed by atoms with Crippen LogP contribution in [0.15, 0.2) is 0 Å². The number of rotatable bonds is 6. The topological polar surface area (TPSA) is 15.3 Å².